The largest absolute Gasteiger partial charge is 0.493 e. The van der Waals surface area contributed by atoms with E-state index in [0.717, 1.165) is 43.7 Å². The number of likely N-dealkylation sites (tertiary alicyclic amines) is 1. The van der Waals surface area contributed by atoms with Crippen LogP contribution in [0.25, 0.3) is 10.8 Å². The Balaban J connectivity index is 1.60. The molecule has 1 atom stereocenters. The molecule has 0 amide bonds. The first-order valence-corrected chi connectivity index (χ1v) is 10.8. The molecule has 1 unspecified atom stereocenters. The second-order valence-electron chi connectivity index (χ2n) is 7.94. The highest BCUT2D eigenvalue weighted by molar-refractivity contribution is 5.91. The molecule has 1 N–H and O–H groups in total. The van der Waals surface area contributed by atoms with Crippen LogP contribution < -0.4 is 4.74 Å². The summed E-state index contributed by atoms with van der Waals surface area (Å²) in [6.07, 6.45) is 8.31. The molecular formula is C24H33NO3. The number of hydrogen-bond donors (Lipinski definition) is 1. The zero-order chi connectivity index (χ0) is 19.8. The molecule has 2 aromatic carbocycles. The molecule has 0 bridgehead atoms. The fourth-order valence-corrected chi connectivity index (χ4v) is 4.08. The Kier molecular flexibility index (Phi) is 7.72. The lowest BCUT2D eigenvalue weighted by atomic mass is 10.0. The smallest absolute Gasteiger partial charge is 0.307 e. The standard InChI is InChI=1S/C24H33NO3/c1-2-3-4-5-6-9-16-28-23-13-12-19(21-10-7-8-11-22(21)23)17-25-15-14-20(18-25)24(26)27/h7-8,10-13,20H,2-6,9,14-18H2,1H3,(H,26,27). The number of unbranched alkanes of at least 4 members (excludes halogenated alkanes) is 5. The second kappa shape index (κ2) is 10.5. The molecule has 2 aromatic rings. The number of carbonyl (C=O) groups is 1. The van der Waals surface area contributed by atoms with Gasteiger partial charge in [0.05, 0.1) is 12.5 Å². The predicted molar refractivity (Wildman–Crippen MR) is 114 cm³/mol. The zero-order valence-electron chi connectivity index (χ0n) is 17.0. The molecule has 4 heteroatoms. The van der Waals surface area contributed by atoms with Crippen molar-refractivity contribution >= 4 is 16.7 Å². The van der Waals surface area contributed by atoms with Gasteiger partial charge in [-0.15, -0.1) is 0 Å². The average Bonchev–Trinajstić information content (AvgIpc) is 3.17. The number of carboxylic acid groups (broad SMARTS) is 1. The van der Waals surface area contributed by atoms with Crippen molar-refractivity contribution in [3.05, 3.63) is 42.0 Å². The van der Waals surface area contributed by atoms with Gasteiger partial charge >= 0.3 is 5.97 Å². The highest BCUT2D eigenvalue weighted by Gasteiger charge is 2.28. The number of nitrogens with zero attached hydrogens (tertiary/aromatic N) is 1. The van der Waals surface area contributed by atoms with Crippen LogP contribution in [-0.4, -0.2) is 35.7 Å². The monoisotopic (exact) mass is 383 g/mol. The SMILES string of the molecule is CCCCCCCCOc1ccc(CN2CCC(C(=O)O)C2)c2ccccc12. The lowest BCUT2D eigenvalue weighted by Crippen LogP contribution is -2.22. The fourth-order valence-electron chi connectivity index (χ4n) is 4.08. The van der Waals surface area contributed by atoms with Gasteiger partial charge in [0, 0.05) is 18.5 Å². The van der Waals surface area contributed by atoms with Crippen molar-refractivity contribution in [3.8, 4) is 5.75 Å². The first-order valence-electron chi connectivity index (χ1n) is 10.8. The number of benzene rings is 2. The highest BCUT2D eigenvalue weighted by atomic mass is 16.5. The summed E-state index contributed by atoms with van der Waals surface area (Å²) in [6.45, 7) is 5.29. The molecular weight excluding hydrogens is 350 g/mol. The van der Waals surface area contributed by atoms with Crippen LogP contribution in [0.2, 0.25) is 0 Å². The zero-order valence-corrected chi connectivity index (χ0v) is 17.0. The molecule has 1 aliphatic rings. The molecule has 0 aliphatic carbocycles. The van der Waals surface area contributed by atoms with Gasteiger partial charge in [0.25, 0.3) is 0 Å². The van der Waals surface area contributed by atoms with Gasteiger partial charge in [-0.1, -0.05) is 69.4 Å². The molecule has 4 nitrogen and oxygen atoms in total. The second-order valence-corrected chi connectivity index (χ2v) is 7.94. The van der Waals surface area contributed by atoms with Crippen LogP contribution in [-0.2, 0) is 11.3 Å². The van der Waals surface area contributed by atoms with Crippen molar-refractivity contribution in [2.24, 2.45) is 5.92 Å². The molecule has 1 heterocycles. The minimum absolute atomic E-state index is 0.230. The van der Waals surface area contributed by atoms with Crippen LogP contribution in [0.5, 0.6) is 5.75 Å². The lowest BCUT2D eigenvalue weighted by Gasteiger charge is -2.18. The van der Waals surface area contributed by atoms with E-state index in [4.69, 9.17) is 4.74 Å². The van der Waals surface area contributed by atoms with E-state index in [1.165, 1.54) is 43.1 Å². The topological polar surface area (TPSA) is 49.8 Å². The summed E-state index contributed by atoms with van der Waals surface area (Å²) < 4.78 is 6.11. The lowest BCUT2D eigenvalue weighted by molar-refractivity contribution is -0.141. The predicted octanol–water partition coefficient (Wildman–Crippen LogP) is 5.49. The van der Waals surface area contributed by atoms with Gasteiger partial charge in [-0.2, -0.15) is 0 Å². The normalized spacial score (nSPS) is 17.2. The van der Waals surface area contributed by atoms with E-state index in [9.17, 15) is 9.90 Å². The Bertz CT molecular complexity index is 774. The van der Waals surface area contributed by atoms with Gasteiger partial charge in [0.2, 0.25) is 0 Å². The maximum absolute atomic E-state index is 11.2. The Morgan fingerprint density at radius 3 is 2.57 bits per heavy atom. The minimum Gasteiger partial charge on any atom is -0.493 e. The number of hydrogen-bond acceptors (Lipinski definition) is 3. The van der Waals surface area contributed by atoms with Crippen molar-refractivity contribution in [1.82, 2.24) is 4.90 Å². The van der Waals surface area contributed by atoms with Crippen LogP contribution in [0.15, 0.2) is 36.4 Å². The van der Waals surface area contributed by atoms with E-state index >= 15 is 0 Å². The summed E-state index contributed by atoms with van der Waals surface area (Å²) >= 11 is 0. The summed E-state index contributed by atoms with van der Waals surface area (Å²) in [6, 6.07) is 12.6. The van der Waals surface area contributed by atoms with Crippen molar-refractivity contribution in [2.75, 3.05) is 19.7 Å². The third kappa shape index (κ3) is 5.48. The number of fused-ring (bicyclic) bond motifs is 1. The van der Waals surface area contributed by atoms with Gasteiger partial charge in [-0.25, -0.2) is 0 Å². The van der Waals surface area contributed by atoms with Crippen LogP contribution in [0, 0.1) is 5.92 Å². The minimum atomic E-state index is -0.675. The van der Waals surface area contributed by atoms with Gasteiger partial charge in [0.1, 0.15) is 5.75 Å². The number of aliphatic carboxylic acids is 1. The number of ether oxygens (including phenoxy) is 1. The maximum Gasteiger partial charge on any atom is 0.307 e. The Labute approximate surface area is 168 Å². The van der Waals surface area contributed by atoms with Gasteiger partial charge in [0.15, 0.2) is 0 Å². The van der Waals surface area contributed by atoms with Crippen molar-refractivity contribution in [1.29, 1.82) is 0 Å². The van der Waals surface area contributed by atoms with Gasteiger partial charge in [-0.3, -0.25) is 9.69 Å². The van der Waals surface area contributed by atoms with Crippen LogP contribution in [0.3, 0.4) is 0 Å². The third-order valence-corrected chi connectivity index (χ3v) is 5.75. The van der Waals surface area contributed by atoms with Crippen LogP contribution in [0.4, 0.5) is 0 Å². The summed E-state index contributed by atoms with van der Waals surface area (Å²) in [5.74, 6) is 0.0507. The molecule has 0 radical (unpaired) electrons. The molecule has 0 spiro atoms. The van der Waals surface area contributed by atoms with Crippen LogP contribution >= 0.6 is 0 Å². The highest BCUT2D eigenvalue weighted by Crippen LogP contribution is 2.30. The quantitative estimate of drug-likeness (QED) is 0.522. The molecule has 0 aromatic heterocycles. The molecule has 28 heavy (non-hydrogen) atoms. The van der Waals surface area contributed by atoms with Gasteiger partial charge < -0.3 is 9.84 Å². The van der Waals surface area contributed by atoms with Crippen molar-refractivity contribution < 1.29 is 14.6 Å². The van der Waals surface area contributed by atoms with E-state index in [1.807, 2.05) is 0 Å². The average molecular weight is 384 g/mol. The van der Waals surface area contributed by atoms with Gasteiger partial charge in [-0.05, 0) is 36.4 Å². The van der Waals surface area contributed by atoms with Crippen molar-refractivity contribution in [3.63, 3.8) is 0 Å². The first-order chi connectivity index (χ1) is 13.7. The molecule has 1 aliphatic heterocycles. The van der Waals surface area contributed by atoms with E-state index in [2.05, 4.69) is 48.2 Å². The third-order valence-electron chi connectivity index (χ3n) is 5.75. The van der Waals surface area contributed by atoms with E-state index < -0.39 is 5.97 Å². The Morgan fingerprint density at radius 2 is 1.82 bits per heavy atom. The summed E-state index contributed by atoms with van der Waals surface area (Å²) in [4.78, 5) is 13.5. The van der Waals surface area contributed by atoms with Crippen molar-refractivity contribution in [2.45, 2.75) is 58.4 Å². The molecule has 3 rings (SSSR count). The summed E-state index contributed by atoms with van der Waals surface area (Å²) in [5.41, 5.74) is 1.24. The van der Waals surface area contributed by atoms with E-state index in [-0.39, 0.29) is 5.92 Å². The maximum atomic E-state index is 11.2. The number of rotatable bonds is 11. The molecule has 1 fully saturated rings. The molecule has 1 saturated heterocycles. The Morgan fingerprint density at radius 1 is 1.07 bits per heavy atom. The molecule has 152 valence electrons. The Hall–Kier alpha value is -2.07. The summed E-state index contributed by atoms with van der Waals surface area (Å²) in [7, 11) is 0. The van der Waals surface area contributed by atoms with Crippen LogP contribution in [0.1, 0.15) is 57.4 Å². The van der Waals surface area contributed by atoms with E-state index in [0.29, 0.717) is 6.54 Å². The number of carboxylic acids is 1. The molecule has 0 saturated carbocycles. The summed E-state index contributed by atoms with van der Waals surface area (Å²) in [5, 5.41) is 11.6. The van der Waals surface area contributed by atoms with E-state index in [1.54, 1.807) is 0 Å². The first kappa shape index (κ1) is 20.7. The fraction of sp³-hybridized carbons (Fsp3) is 0.542.